The van der Waals surface area contributed by atoms with E-state index in [9.17, 15) is 14.7 Å². The van der Waals surface area contributed by atoms with Gasteiger partial charge in [-0.15, -0.1) is 0 Å². The maximum atomic E-state index is 13.0. The van der Waals surface area contributed by atoms with Gasteiger partial charge in [-0.2, -0.15) is 0 Å². The number of hydrogen-bond acceptors (Lipinski definition) is 7. The van der Waals surface area contributed by atoms with Gasteiger partial charge < -0.3 is 19.3 Å². The fraction of sp³-hybridized carbons (Fsp3) is 0.167. The maximum Gasteiger partial charge on any atom is 0.344 e. The predicted molar refractivity (Wildman–Crippen MR) is 161 cm³/mol. The molecule has 206 valence electrons. The molecule has 0 atom stereocenters. The van der Waals surface area contributed by atoms with Gasteiger partial charge in [0.1, 0.15) is 23.0 Å². The number of benzene rings is 3. The number of esters is 1. The van der Waals surface area contributed by atoms with Crippen LogP contribution in [0, 0.1) is 6.92 Å². The fourth-order valence-electron chi connectivity index (χ4n) is 3.77. The maximum absolute atomic E-state index is 13.0. The van der Waals surface area contributed by atoms with E-state index in [-0.39, 0.29) is 23.0 Å². The zero-order chi connectivity index (χ0) is 28.8. The Kier molecular flexibility index (Phi) is 9.73. The highest BCUT2D eigenvalue weighted by Gasteiger charge is 2.34. The Morgan fingerprint density at radius 1 is 1.10 bits per heavy atom. The minimum absolute atomic E-state index is 0.0569. The molecule has 0 saturated heterocycles. The molecule has 0 saturated carbocycles. The number of amides is 1. The lowest BCUT2D eigenvalue weighted by molar-refractivity contribution is -0.138. The van der Waals surface area contributed by atoms with Gasteiger partial charge in [0.15, 0.2) is 11.5 Å². The number of methoxy groups -OCH3 is 1. The number of aliphatic hydroxyl groups is 1. The molecule has 3 aromatic carbocycles. The average Bonchev–Trinajstić information content (AvgIpc) is 3.23. The van der Waals surface area contributed by atoms with Crippen LogP contribution in [-0.2, 0) is 16.1 Å². The van der Waals surface area contributed by atoms with Gasteiger partial charge in [0, 0.05) is 15.1 Å². The zero-order valence-corrected chi connectivity index (χ0v) is 25.0. The highest BCUT2D eigenvalue weighted by atomic mass is 79.9. The Labute approximate surface area is 249 Å². The van der Waals surface area contributed by atoms with Gasteiger partial charge in [-0.25, -0.2) is 9.79 Å². The van der Waals surface area contributed by atoms with Crippen molar-refractivity contribution in [3.8, 4) is 11.5 Å². The molecule has 0 unspecified atom stereocenters. The second-order valence-corrected chi connectivity index (χ2v) is 10.9. The first-order chi connectivity index (χ1) is 19.2. The van der Waals surface area contributed by atoms with Crippen LogP contribution in [0.5, 0.6) is 11.5 Å². The Bertz CT molecular complexity index is 1550. The topological polar surface area (TPSA) is 94.4 Å². The molecule has 0 bridgehead atoms. The highest BCUT2D eigenvalue weighted by molar-refractivity contribution is 9.10. The third kappa shape index (κ3) is 6.78. The van der Waals surface area contributed by atoms with Gasteiger partial charge in [0.05, 0.1) is 18.6 Å². The summed E-state index contributed by atoms with van der Waals surface area (Å²) in [5.74, 6) is -0.654. The van der Waals surface area contributed by atoms with Gasteiger partial charge in [-0.3, -0.25) is 4.79 Å². The summed E-state index contributed by atoms with van der Waals surface area (Å²) in [4.78, 5) is 30.2. The smallest absolute Gasteiger partial charge is 0.344 e. The second kappa shape index (κ2) is 13.2. The highest BCUT2D eigenvalue weighted by Crippen LogP contribution is 2.42. The summed E-state index contributed by atoms with van der Waals surface area (Å²) >= 11 is 10.5. The van der Waals surface area contributed by atoms with Crippen molar-refractivity contribution in [1.29, 1.82) is 0 Å². The number of hydrogen-bond donors (Lipinski definition) is 1. The van der Waals surface area contributed by atoms with Crippen LogP contribution in [0.3, 0.4) is 0 Å². The van der Waals surface area contributed by atoms with E-state index in [0.717, 1.165) is 22.9 Å². The van der Waals surface area contributed by atoms with Crippen LogP contribution < -0.4 is 9.47 Å². The molecule has 10 heteroatoms. The van der Waals surface area contributed by atoms with E-state index in [1.54, 1.807) is 62.4 Å². The van der Waals surface area contributed by atoms with Crippen molar-refractivity contribution in [2.24, 2.45) is 4.99 Å². The van der Waals surface area contributed by atoms with E-state index in [0.29, 0.717) is 43.6 Å². The minimum atomic E-state index is -0.769. The molecular formula is C30H25BrClNO6S. The van der Waals surface area contributed by atoms with Gasteiger partial charge in [-0.05, 0) is 66.9 Å². The Morgan fingerprint density at radius 3 is 2.50 bits per heavy atom. The van der Waals surface area contributed by atoms with E-state index >= 15 is 0 Å². The molecule has 1 amide bonds. The molecule has 1 N–H and O–H groups in total. The number of aliphatic imine (C=N–C) groups is 1. The van der Waals surface area contributed by atoms with Gasteiger partial charge in [0.25, 0.3) is 5.91 Å². The van der Waals surface area contributed by atoms with Crippen molar-refractivity contribution in [3.63, 3.8) is 0 Å². The largest absolute Gasteiger partial charge is 0.506 e. The van der Waals surface area contributed by atoms with Crippen LogP contribution >= 0.6 is 39.3 Å². The first kappa shape index (κ1) is 29.5. The molecule has 1 aliphatic rings. The normalized spacial score (nSPS) is 15.0. The summed E-state index contributed by atoms with van der Waals surface area (Å²) in [5, 5.41) is 11.7. The van der Waals surface area contributed by atoms with Crippen molar-refractivity contribution in [1.82, 2.24) is 0 Å². The number of nitrogens with zero attached hydrogens (tertiary/aromatic N) is 1. The molecule has 0 radical (unpaired) electrons. The number of aliphatic hydroxyl groups excluding tert-OH is 1. The van der Waals surface area contributed by atoms with Crippen molar-refractivity contribution >= 4 is 62.3 Å². The molecular weight excluding hydrogens is 618 g/mol. The first-order valence-electron chi connectivity index (χ1n) is 12.2. The monoisotopic (exact) mass is 641 g/mol. The quantitative estimate of drug-likeness (QED) is 0.252. The summed E-state index contributed by atoms with van der Waals surface area (Å²) in [6, 6.07) is 17.8. The fourth-order valence-corrected chi connectivity index (χ4v) is 5.34. The Balaban J connectivity index is 1.67. The summed E-state index contributed by atoms with van der Waals surface area (Å²) in [6.45, 7) is 3.85. The molecule has 40 heavy (non-hydrogen) atoms. The van der Waals surface area contributed by atoms with Crippen molar-refractivity contribution in [2.75, 3.05) is 13.7 Å². The Hall–Kier alpha value is -3.53. The minimum Gasteiger partial charge on any atom is -0.506 e. The molecule has 4 rings (SSSR count). The van der Waals surface area contributed by atoms with Gasteiger partial charge in [0.2, 0.25) is 0 Å². The SMILES string of the molecule is CCOC(=O)C1=C(O)/C(=C/c2cc(OC)c(OCc3ccc(Cl)cc3)cc2Br)SC1=NC(=O)c1ccccc1C. The lowest BCUT2D eigenvalue weighted by Gasteiger charge is -2.13. The van der Waals surface area contributed by atoms with Gasteiger partial charge in [-0.1, -0.05) is 69.6 Å². The molecule has 0 fully saturated rings. The summed E-state index contributed by atoms with van der Waals surface area (Å²) in [6.07, 6.45) is 1.66. The number of carbonyl (C=O) groups excluding carboxylic acids is 2. The molecule has 0 aromatic heterocycles. The first-order valence-corrected chi connectivity index (χ1v) is 14.1. The number of aryl methyl sites for hydroxylation is 1. The molecule has 7 nitrogen and oxygen atoms in total. The van der Waals surface area contributed by atoms with Crippen LogP contribution in [0.1, 0.15) is 34.0 Å². The van der Waals surface area contributed by atoms with Crippen molar-refractivity contribution in [2.45, 2.75) is 20.5 Å². The van der Waals surface area contributed by atoms with E-state index < -0.39 is 11.9 Å². The van der Waals surface area contributed by atoms with E-state index in [1.165, 1.54) is 7.11 Å². The molecule has 0 aliphatic carbocycles. The predicted octanol–water partition coefficient (Wildman–Crippen LogP) is 7.70. The zero-order valence-electron chi connectivity index (χ0n) is 21.9. The lowest BCUT2D eigenvalue weighted by atomic mass is 10.1. The Morgan fingerprint density at radius 2 is 1.82 bits per heavy atom. The number of halogens is 2. The third-order valence-corrected chi connectivity index (χ3v) is 7.78. The standard InChI is InChI=1S/C30H25BrClNO6S/c1-4-38-30(36)26-27(34)25(40-29(26)33-28(35)21-8-6-5-7-17(21)2)14-19-13-23(37-3)24(15-22(19)31)39-16-18-9-11-20(32)12-10-18/h5-15,34H,4,16H2,1-3H3/b25-14-,33-29?. The number of carbonyl (C=O) groups is 2. The second-order valence-electron chi connectivity index (χ2n) is 8.53. The molecule has 3 aromatic rings. The van der Waals surface area contributed by atoms with Crippen LogP contribution in [0.15, 0.2) is 86.4 Å². The van der Waals surface area contributed by atoms with E-state index in [1.807, 2.05) is 18.2 Å². The lowest BCUT2D eigenvalue weighted by Crippen LogP contribution is -2.14. The molecule has 1 heterocycles. The van der Waals surface area contributed by atoms with Crippen molar-refractivity contribution in [3.05, 3.63) is 109 Å². The van der Waals surface area contributed by atoms with Crippen molar-refractivity contribution < 1.29 is 28.9 Å². The number of rotatable bonds is 8. The third-order valence-electron chi connectivity index (χ3n) is 5.83. The molecule has 0 spiro atoms. The van der Waals surface area contributed by atoms with Crippen LogP contribution in [0.2, 0.25) is 5.02 Å². The average molecular weight is 643 g/mol. The van der Waals surface area contributed by atoms with Gasteiger partial charge >= 0.3 is 5.97 Å². The van der Waals surface area contributed by atoms with E-state index in [4.69, 9.17) is 25.8 Å². The van der Waals surface area contributed by atoms with Crippen LogP contribution in [-0.4, -0.2) is 35.7 Å². The summed E-state index contributed by atoms with van der Waals surface area (Å²) in [5.41, 5.74) is 2.56. The number of ether oxygens (including phenoxy) is 3. The summed E-state index contributed by atoms with van der Waals surface area (Å²) < 4.78 is 17.3. The molecule has 1 aliphatic heterocycles. The van der Waals surface area contributed by atoms with Crippen LogP contribution in [0.25, 0.3) is 6.08 Å². The number of thioether (sulfide) groups is 1. The van der Waals surface area contributed by atoms with E-state index in [2.05, 4.69) is 20.9 Å². The summed E-state index contributed by atoms with van der Waals surface area (Å²) in [7, 11) is 1.53. The van der Waals surface area contributed by atoms with Crippen LogP contribution in [0.4, 0.5) is 0 Å².